The number of hydrogen-bond donors (Lipinski definition) is 0. The topological polar surface area (TPSA) is 44.1 Å². The molecular weight excluding hydrogens is 259 g/mol. The summed E-state index contributed by atoms with van der Waals surface area (Å²) < 4.78 is 0. The van der Waals surface area contributed by atoms with Crippen molar-refractivity contribution in [2.45, 2.75) is 19.4 Å². The summed E-state index contributed by atoms with van der Waals surface area (Å²) in [6, 6.07) is 7.05. The van der Waals surface area contributed by atoms with Crippen LogP contribution in [0.4, 0.5) is 5.69 Å². The maximum Gasteiger partial charge on any atom is 0.228 e. The Balaban J connectivity index is 2.37. The Hall–Kier alpha value is -1.24. The second-order valence-electron chi connectivity index (χ2n) is 4.04. The van der Waals surface area contributed by atoms with Gasteiger partial charge in [0, 0.05) is 12.1 Å². The van der Waals surface area contributed by atoms with E-state index in [2.05, 4.69) is 6.07 Å². The molecule has 1 aliphatic heterocycles. The third-order valence-corrected chi connectivity index (χ3v) is 3.74. The average molecular weight is 269 g/mol. The highest BCUT2D eigenvalue weighted by Gasteiger charge is 2.37. The zero-order valence-electron chi connectivity index (χ0n) is 9.15. The first-order valence-electron chi connectivity index (χ1n) is 5.21. The van der Waals surface area contributed by atoms with Crippen LogP contribution in [0.25, 0.3) is 0 Å². The zero-order chi connectivity index (χ0) is 12.6. The van der Waals surface area contributed by atoms with Crippen LogP contribution in [0, 0.1) is 17.2 Å². The summed E-state index contributed by atoms with van der Waals surface area (Å²) in [5, 5.41) is 9.80. The summed E-state index contributed by atoms with van der Waals surface area (Å²) in [5.41, 5.74) is 0.689. The zero-order valence-corrected chi connectivity index (χ0v) is 10.7. The van der Waals surface area contributed by atoms with E-state index in [-0.39, 0.29) is 24.3 Å². The van der Waals surface area contributed by atoms with Crippen LogP contribution in [-0.2, 0) is 4.79 Å². The largest absolute Gasteiger partial charge is 0.308 e. The molecule has 0 N–H and O–H groups in total. The van der Waals surface area contributed by atoms with Crippen LogP contribution in [0.5, 0.6) is 0 Å². The summed E-state index contributed by atoms with van der Waals surface area (Å²) in [5.74, 6) is -0.320. The predicted molar refractivity (Wildman–Crippen MR) is 67.1 cm³/mol. The normalized spacial score (nSPS) is 23.9. The van der Waals surface area contributed by atoms with Crippen molar-refractivity contribution in [3.63, 3.8) is 0 Å². The molecule has 1 fully saturated rings. The summed E-state index contributed by atoms with van der Waals surface area (Å²) in [7, 11) is 0. The Morgan fingerprint density at radius 1 is 1.41 bits per heavy atom. The highest BCUT2D eigenvalue weighted by atomic mass is 35.5. The van der Waals surface area contributed by atoms with Crippen LogP contribution in [0.1, 0.15) is 13.3 Å². The molecule has 1 aliphatic rings. The van der Waals surface area contributed by atoms with E-state index in [1.165, 1.54) is 0 Å². The van der Waals surface area contributed by atoms with Crippen LogP contribution >= 0.6 is 23.2 Å². The minimum Gasteiger partial charge on any atom is -0.308 e. The number of carbonyl (C=O) groups excluding carboxylic acids is 1. The molecule has 1 aromatic rings. The van der Waals surface area contributed by atoms with Gasteiger partial charge in [-0.15, -0.1) is 0 Å². The molecule has 3 nitrogen and oxygen atoms in total. The van der Waals surface area contributed by atoms with Crippen molar-refractivity contribution in [1.82, 2.24) is 0 Å². The van der Waals surface area contributed by atoms with Crippen LogP contribution in [-0.4, -0.2) is 11.9 Å². The van der Waals surface area contributed by atoms with Gasteiger partial charge < -0.3 is 4.90 Å². The lowest BCUT2D eigenvalue weighted by molar-refractivity contribution is -0.117. The van der Waals surface area contributed by atoms with Crippen molar-refractivity contribution in [3.05, 3.63) is 28.2 Å². The first kappa shape index (κ1) is 12.2. The molecular formula is C12H10Cl2N2O. The lowest BCUT2D eigenvalue weighted by Crippen LogP contribution is -2.32. The molecule has 1 heterocycles. The minimum atomic E-state index is -0.267. The molecule has 88 valence electrons. The number of hydrogen-bond acceptors (Lipinski definition) is 2. The number of carbonyl (C=O) groups is 1. The summed E-state index contributed by atoms with van der Waals surface area (Å²) in [6.45, 7) is 1.86. The SMILES string of the molecule is CC1C(C#N)CC(=O)N1c1ccc(Cl)c(Cl)c1. The van der Waals surface area contributed by atoms with Crippen molar-refractivity contribution in [1.29, 1.82) is 5.26 Å². The number of anilines is 1. The van der Waals surface area contributed by atoms with E-state index in [4.69, 9.17) is 28.5 Å². The molecule has 17 heavy (non-hydrogen) atoms. The van der Waals surface area contributed by atoms with Gasteiger partial charge in [-0.1, -0.05) is 23.2 Å². The standard InChI is InChI=1S/C12H10Cl2N2O/c1-7-8(6-15)4-12(17)16(7)9-2-3-10(13)11(14)5-9/h2-3,5,7-8H,4H2,1H3. The number of benzene rings is 1. The van der Waals surface area contributed by atoms with E-state index in [0.717, 1.165) is 0 Å². The van der Waals surface area contributed by atoms with Crippen molar-refractivity contribution in [2.24, 2.45) is 5.92 Å². The highest BCUT2D eigenvalue weighted by molar-refractivity contribution is 6.42. The van der Waals surface area contributed by atoms with E-state index in [9.17, 15) is 4.79 Å². The maximum atomic E-state index is 11.8. The first-order chi connectivity index (χ1) is 8.04. The summed E-state index contributed by atoms with van der Waals surface area (Å²) in [4.78, 5) is 13.5. The number of amides is 1. The number of rotatable bonds is 1. The Kier molecular flexibility index (Phi) is 3.28. The fourth-order valence-electron chi connectivity index (χ4n) is 2.03. The molecule has 5 heteroatoms. The van der Waals surface area contributed by atoms with Crippen LogP contribution in [0.3, 0.4) is 0 Å². The van der Waals surface area contributed by atoms with Crippen molar-refractivity contribution in [3.8, 4) is 6.07 Å². The van der Waals surface area contributed by atoms with Gasteiger partial charge in [0.25, 0.3) is 0 Å². The molecule has 0 aliphatic carbocycles. The lowest BCUT2D eigenvalue weighted by atomic mass is 10.0. The third-order valence-electron chi connectivity index (χ3n) is 3.00. The molecule has 2 rings (SSSR count). The quantitative estimate of drug-likeness (QED) is 0.785. The van der Waals surface area contributed by atoms with Crippen molar-refractivity contribution in [2.75, 3.05) is 4.90 Å². The van der Waals surface area contributed by atoms with Crippen LogP contribution < -0.4 is 4.90 Å². The monoisotopic (exact) mass is 268 g/mol. The molecule has 2 unspecified atom stereocenters. The Labute approximate surface area is 110 Å². The first-order valence-corrected chi connectivity index (χ1v) is 5.97. The average Bonchev–Trinajstić information content (AvgIpc) is 2.58. The predicted octanol–water partition coefficient (Wildman–Crippen LogP) is 3.26. The fraction of sp³-hybridized carbons (Fsp3) is 0.333. The number of nitriles is 1. The molecule has 0 saturated carbocycles. The van der Waals surface area contributed by atoms with Gasteiger partial charge in [-0.3, -0.25) is 4.79 Å². The minimum absolute atomic E-state index is 0.0533. The van der Waals surface area contributed by atoms with Crippen LogP contribution in [0.2, 0.25) is 10.0 Å². The molecule has 0 spiro atoms. The molecule has 0 aromatic heterocycles. The van der Waals surface area contributed by atoms with Gasteiger partial charge in [-0.05, 0) is 25.1 Å². The highest BCUT2D eigenvalue weighted by Crippen LogP contribution is 2.33. The molecule has 1 saturated heterocycles. The number of halogens is 2. The van der Waals surface area contributed by atoms with Gasteiger partial charge in [0.15, 0.2) is 0 Å². The third kappa shape index (κ3) is 2.11. The van der Waals surface area contributed by atoms with Gasteiger partial charge in [0.2, 0.25) is 5.91 Å². The fourth-order valence-corrected chi connectivity index (χ4v) is 2.32. The van der Waals surface area contributed by atoms with E-state index >= 15 is 0 Å². The van der Waals surface area contributed by atoms with Crippen LogP contribution in [0.15, 0.2) is 18.2 Å². The van der Waals surface area contributed by atoms with Crippen molar-refractivity contribution < 1.29 is 4.79 Å². The number of nitrogens with zero attached hydrogens (tertiary/aromatic N) is 2. The van der Waals surface area contributed by atoms with E-state index in [1.807, 2.05) is 6.92 Å². The summed E-state index contributed by atoms with van der Waals surface area (Å²) >= 11 is 11.8. The second kappa shape index (κ2) is 4.56. The van der Waals surface area contributed by atoms with E-state index in [1.54, 1.807) is 23.1 Å². The van der Waals surface area contributed by atoms with E-state index in [0.29, 0.717) is 15.7 Å². The van der Waals surface area contributed by atoms with Gasteiger partial charge in [-0.25, -0.2) is 0 Å². The molecule has 0 bridgehead atoms. The molecule has 1 amide bonds. The smallest absolute Gasteiger partial charge is 0.228 e. The van der Waals surface area contributed by atoms with Crippen molar-refractivity contribution >= 4 is 34.8 Å². The molecule has 0 radical (unpaired) electrons. The lowest BCUT2D eigenvalue weighted by Gasteiger charge is -2.23. The Morgan fingerprint density at radius 2 is 2.12 bits per heavy atom. The maximum absolute atomic E-state index is 11.8. The Bertz CT molecular complexity index is 510. The molecule has 1 aromatic carbocycles. The molecule has 2 atom stereocenters. The van der Waals surface area contributed by atoms with Gasteiger partial charge in [-0.2, -0.15) is 5.26 Å². The van der Waals surface area contributed by atoms with Gasteiger partial charge >= 0.3 is 0 Å². The summed E-state index contributed by atoms with van der Waals surface area (Å²) in [6.07, 6.45) is 0.262. The second-order valence-corrected chi connectivity index (χ2v) is 4.86. The Morgan fingerprint density at radius 3 is 2.65 bits per heavy atom. The van der Waals surface area contributed by atoms with E-state index < -0.39 is 0 Å². The van der Waals surface area contributed by atoms with Gasteiger partial charge in [0.05, 0.1) is 28.1 Å². The van der Waals surface area contributed by atoms with Gasteiger partial charge in [0.1, 0.15) is 0 Å².